The lowest BCUT2D eigenvalue weighted by Crippen LogP contribution is -1.80. The smallest absolute Gasteiger partial charge is 0.320 e. The van der Waals surface area contributed by atoms with Gasteiger partial charge >= 0.3 is 5.35 Å². The van der Waals surface area contributed by atoms with Gasteiger partial charge in [0.25, 0.3) is 0 Å². The van der Waals surface area contributed by atoms with Crippen LogP contribution in [0.4, 0.5) is 0 Å². The number of rotatable bonds is 1. The van der Waals surface area contributed by atoms with E-state index in [1.807, 2.05) is 31.2 Å². The number of nitrogens with zero attached hydrogens (tertiary/aromatic N) is 2. The van der Waals surface area contributed by atoms with Gasteiger partial charge in [0.05, 0.1) is 5.56 Å². The third-order valence-corrected chi connectivity index (χ3v) is 2.55. The van der Waals surface area contributed by atoms with Gasteiger partial charge in [-0.3, -0.25) is 0 Å². The average molecular weight is 235 g/mol. The topological polar surface area (TPSA) is 52.1 Å². The van der Waals surface area contributed by atoms with Crippen molar-refractivity contribution in [1.82, 2.24) is 10.1 Å². The molecular formula is C11H7ClN2O2. The first kappa shape index (κ1) is 9.42. The summed E-state index contributed by atoms with van der Waals surface area (Å²) in [7, 11) is 0. The largest absolute Gasteiger partial charge is 0.461 e. The molecule has 0 unspecified atom stereocenters. The number of aryl methyl sites for hydroxylation is 1. The molecule has 0 saturated carbocycles. The second-order valence-corrected chi connectivity index (χ2v) is 3.72. The molecule has 0 fully saturated rings. The van der Waals surface area contributed by atoms with E-state index >= 15 is 0 Å². The van der Waals surface area contributed by atoms with Crippen molar-refractivity contribution in [2.24, 2.45) is 0 Å². The van der Waals surface area contributed by atoms with Crippen LogP contribution in [0.1, 0.15) is 5.76 Å². The van der Waals surface area contributed by atoms with Gasteiger partial charge in [0.2, 0.25) is 5.82 Å². The van der Waals surface area contributed by atoms with Crippen molar-refractivity contribution in [3.63, 3.8) is 0 Å². The third kappa shape index (κ3) is 1.31. The molecule has 16 heavy (non-hydrogen) atoms. The zero-order valence-corrected chi connectivity index (χ0v) is 9.15. The minimum Gasteiger partial charge on any atom is -0.461 e. The first-order valence-electron chi connectivity index (χ1n) is 4.73. The summed E-state index contributed by atoms with van der Waals surface area (Å²) in [4.78, 5) is 3.99. The molecule has 2 aromatic heterocycles. The van der Waals surface area contributed by atoms with Crippen molar-refractivity contribution < 1.29 is 8.94 Å². The van der Waals surface area contributed by atoms with Gasteiger partial charge in [-0.15, -0.1) is 0 Å². The Morgan fingerprint density at radius 3 is 2.81 bits per heavy atom. The van der Waals surface area contributed by atoms with Crippen molar-refractivity contribution in [1.29, 1.82) is 0 Å². The molecule has 0 aliphatic carbocycles. The fraction of sp³-hybridized carbons (Fsp3) is 0.0909. The van der Waals surface area contributed by atoms with E-state index in [0.29, 0.717) is 5.82 Å². The standard InChI is InChI=1S/C11H7ClN2O2/c1-6-9(10-13-11(12)16-14-10)7-4-2-3-5-8(7)15-6/h2-5H,1H3. The summed E-state index contributed by atoms with van der Waals surface area (Å²) in [6.45, 7) is 1.86. The molecule has 0 amide bonds. The summed E-state index contributed by atoms with van der Waals surface area (Å²) in [6.07, 6.45) is 0. The molecule has 0 radical (unpaired) electrons. The summed E-state index contributed by atoms with van der Waals surface area (Å²) >= 11 is 5.61. The molecule has 0 aliphatic heterocycles. The van der Waals surface area contributed by atoms with Crippen LogP contribution in [0.2, 0.25) is 5.35 Å². The van der Waals surface area contributed by atoms with Gasteiger partial charge in [-0.2, -0.15) is 4.98 Å². The van der Waals surface area contributed by atoms with E-state index in [2.05, 4.69) is 10.1 Å². The van der Waals surface area contributed by atoms with Gasteiger partial charge in [0, 0.05) is 5.39 Å². The summed E-state index contributed by atoms with van der Waals surface area (Å²) in [5.74, 6) is 1.20. The predicted molar refractivity (Wildman–Crippen MR) is 59.3 cm³/mol. The van der Waals surface area contributed by atoms with Crippen molar-refractivity contribution >= 4 is 22.6 Å². The summed E-state index contributed by atoms with van der Waals surface area (Å²) in [5.41, 5.74) is 1.63. The van der Waals surface area contributed by atoms with Gasteiger partial charge in [0.1, 0.15) is 11.3 Å². The Kier molecular flexibility index (Phi) is 1.97. The van der Waals surface area contributed by atoms with Crippen LogP contribution in [0.25, 0.3) is 22.4 Å². The molecule has 4 nitrogen and oxygen atoms in total. The summed E-state index contributed by atoms with van der Waals surface area (Å²) in [6, 6.07) is 7.69. The van der Waals surface area contributed by atoms with E-state index < -0.39 is 0 Å². The second-order valence-electron chi connectivity index (χ2n) is 3.40. The molecule has 5 heteroatoms. The lowest BCUT2D eigenvalue weighted by molar-refractivity contribution is 0.420. The predicted octanol–water partition coefficient (Wildman–Crippen LogP) is 3.44. The van der Waals surface area contributed by atoms with Crippen LogP contribution in [0, 0.1) is 6.92 Å². The van der Waals surface area contributed by atoms with Crippen molar-refractivity contribution in [2.75, 3.05) is 0 Å². The molecule has 0 saturated heterocycles. The van der Waals surface area contributed by atoms with E-state index in [-0.39, 0.29) is 5.35 Å². The van der Waals surface area contributed by atoms with Crippen LogP contribution in [-0.2, 0) is 0 Å². The maximum absolute atomic E-state index is 5.61. The monoisotopic (exact) mass is 234 g/mol. The molecule has 3 aromatic rings. The molecule has 1 aromatic carbocycles. The molecule has 0 spiro atoms. The Morgan fingerprint density at radius 2 is 2.06 bits per heavy atom. The van der Waals surface area contributed by atoms with Crippen LogP contribution >= 0.6 is 11.6 Å². The fourth-order valence-electron chi connectivity index (χ4n) is 1.75. The molecule has 2 heterocycles. The number of para-hydroxylation sites is 1. The minimum absolute atomic E-state index is 0.0275. The number of hydrogen-bond acceptors (Lipinski definition) is 4. The highest BCUT2D eigenvalue weighted by Crippen LogP contribution is 2.32. The van der Waals surface area contributed by atoms with Crippen LogP contribution in [-0.4, -0.2) is 10.1 Å². The fourth-order valence-corrected chi connectivity index (χ4v) is 1.87. The molecule has 0 atom stereocenters. The second kappa shape index (κ2) is 3.35. The molecule has 0 bridgehead atoms. The maximum Gasteiger partial charge on any atom is 0.320 e. The molecule has 0 aliphatic rings. The zero-order chi connectivity index (χ0) is 11.1. The van der Waals surface area contributed by atoms with Crippen LogP contribution < -0.4 is 0 Å². The van der Waals surface area contributed by atoms with Crippen molar-refractivity contribution in [3.8, 4) is 11.4 Å². The molecule has 80 valence electrons. The number of benzene rings is 1. The zero-order valence-electron chi connectivity index (χ0n) is 8.40. The Bertz CT molecular complexity index is 657. The Balaban J connectivity index is 2.34. The number of hydrogen-bond donors (Lipinski definition) is 0. The number of aromatic nitrogens is 2. The number of fused-ring (bicyclic) bond motifs is 1. The molecular weight excluding hydrogens is 228 g/mol. The van der Waals surface area contributed by atoms with Crippen molar-refractivity contribution in [2.45, 2.75) is 6.92 Å². The van der Waals surface area contributed by atoms with Gasteiger partial charge in [-0.25, -0.2) is 0 Å². The van der Waals surface area contributed by atoms with Gasteiger partial charge in [-0.05, 0) is 24.6 Å². The average Bonchev–Trinajstić information content (AvgIpc) is 2.80. The summed E-state index contributed by atoms with van der Waals surface area (Å²) < 4.78 is 10.4. The first-order valence-corrected chi connectivity index (χ1v) is 5.11. The van der Waals surface area contributed by atoms with Gasteiger partial charge < -0.3 is 8.94 Å². The van der Waals surface area contributed by atoms with Crippen LogP contribution in [0.15, 0.2) is 33.2 Å². The van der Waals surface area contributed by atoms with Gasteiger partial charge in [-0.1, -0.05) is 23.4 Å². The third-order valence-electron chi connectivity index (χ3n) is 2.40. The minimum atomic E-state index is 0.0275. The van der Waals surface area contributed by atoms with E-state index in [1.54, 1.807) is 0 Å². The van der Waals surface area contributed by atoms with E-state index in [9.17, 15) is 0 Å². The SMILES string of the molecule is Cc1oc2ccccc2c1-c1noc(Cl)n1. The lowest BCUT2D eigenvalue weighted by Gasteiger charge is -1.90. The van der Waals surface area contributed by atoms with E-state index in [4.69, 9.17) is 20.5 Å². The maximum atomic E-state index is 5.61. The Hall–Kier alpha value is -1.81. The highest BCUT2D eigenvalue weighted by atomic mass is 35.5. The number of furan rings is 1. The first-order chi connectivity index (χ1) is 7.75. The normalized spacial score (nSPS) is 11.1. The lowest BCUT2D eigenvalue weighted by atomic mass is 10.1. The molecule has 0 N–H and O–H groups in total. The summed E-state index contributed by atoms with van der Waals surface area (Å²) in [5, 5.41) is 4.77. The van der Waals surface area contributed by atoms with E-state index in [0.717, 1.165) is 22.3 Å². The molecule has 3 rings (SSSR count). The van der Waals surface area contributed by atoms with E-state index in [1.165, 1.54) is 0 Å². The highest BCUT2D eigenvalue weighted by Gasteiger charge is 2.17. The Labute approximate surface area is 95.8 Å². The quantitative estimate of drug-likeness (QED) is 0.647. The number of halogens is 1. The van der Waals surface area contributed by atoms with Crippen LogP contribution in [0.5, 0.6) is 0 Å². The van der Waals surface area contributed by atoms with Gasteiger partial charge in [0.15, 0.2) is 0 Å². The highest BCUT2D eigenvalue weighted by molar-refractivity contribution is 6.27. The van der Waals surface area contributed by atoms with Crippen LogP contribution in [0.3, 0.4) is 0 Å². The van der Waals surface area contributed by atoms with Crippen molar-refractivity contribution in [3.05, 3.63) is 35.4 Å². The Morgan fingerprint density at radius 1 is 1.25 bits per heavy atom.